The summed E-state index contributed by atoms with van der Waals surface area (Å²) in [6.45, 7) is 1.13. The summed E-state index contributed by atoms with van der Waals surface area (Å²) in [5.74, 6) is -0.328. The Morgan fingerprint density at radius 3 is 2.45 bits per heavy atom. The molecular weight excluding hydrogens is 390 g/mol. The average molecular weight is 413 g/mol. The normalized spacial score (nSPS) is 19.1. The summed E-state index contributed by atoms with van der Waals surface area (Å²) in [5.41, 5.74) is 2.68. The maximum absolute atomic E-state index is 13.0. The molecule has 0 spiro atoms. The number of hydrogen-bond acceptors (Lipinski definition) is 4. The lowest BCUT2D eigenvalue weighted by molar-refractivity contribution is -0.139. The summed E-state index contributed by atoms with van der Waals surface area (Å²) in [4.78, 5) is 29.3. The van der Waals surface area contributed by atoms with E-state index in [-0.39, 0.29) is 29.3 Å². The third kappa shape index (κ3) is 3.42. The van der Waals surface area contributed by atoms with E-state index >= 15 is 0 Å². The first-order chi connectivity index (χ1) is 13.8. The van der Waals surface area contributed by atoms with Crippen LogP contribution in [-0.4, -0.2) is 68.1 Å². The zero-order valence-corrected chi connectivity index (χ0v) is 17.2. The van der Waals surface area contributed by atoms with Gasteiger partial charge in [-0.1, -0.05) is 24.3 Å². The number of carbonyl (C=O) groups is 2. The van der Waals surface area contributed by atoms with Gasteiger partial charge in [0, 0.05) is 32.7 Å². The van der Waals surface area contributed by atoms with Gasteiger partial charge in [-0.3, -0.25) is 9.59 Å². The number of benzene rings is 2. The van der Waals surface area contributed by atoms with Gasteiger partial charge < -0.3 is 9.80 Å². The van der Waals surface area contributed by atoms with Crippen LogP contribution in [0.2, 0.25) is 0 Å². The molecule has 1 saturated heterocycles. The Hall–Kier alpha value is -2.71. The fourth-order valence-electron chi connectivity index (χ4n) is 3.99. The maximum atomic E-state index is 13.0. The van der Waals surface area contributed by atoms with E-state index in [1.807, 2.05) is 23.1 Å². The van der Waals surface area contributed by atoms with Gasteiger partial charge in [-0.05, 0) is 41.8 Å². The molecule has 2 aliphatic rings. The minimum Gasteiger partial charge on any atom is -0.332 e. The summed E-state index contributed by atoms with van der Waals surface area (Å²) in [6.07, 6.45) is 0.828. The van der Waals surface area contributed by atoms with Crippen LogP contribution >= 0.6 is 0 Å². The molecule has 2 aromatic carbocycles. The van der Waals surface area contributed by atoms with E-state index in [0.717, 1.165) is 16.3 Å². The van der Waals surface area contributed by atoms with Crippen molar-refractivity contribution in [3.8, 4) is 0 Å². The molecule has 1 atom stereocenters. The van der Waals surface area contributed by atoms with Gasteiger partial charge in [0.05, 0.1) is 10.9 Å². The molecule has 0 aromatic heterocycles. The average Bonchev–Trinajstić information content (AvgIpc) is 2.73. The molecule has 0 N–H and O–H groups in total. The number of rotatable bonds is 3. The Bertz CT molecular complexity index is 1060. The first-order valence-electron chi connectivity index (χ1n) is 9.48. The van der Waals surface area contributed by atoms with Crippen LogP contribution in [0.15, 0.2) is 53.4 Å². The Labute approximate surface area is 170 Å². The largest absolute Gasteiger partial charge is 0.332 e. The van der Waals surface area contributed by atoms with Crippen molar-refractivity contribution in [3.05, 3.63) is 65.2 Å². The van der Waals surface area contributed by atoms with Crippen LogP contribution in [0.5, 0.6) is 0 Å². The molecule has 2 aromatic rings. The fourth-order valence-corrected chi connectivity index (χ4v) is 4.89. The van der Waals surface area contributed by atoms with Crippen LogP contribution in [-0.2, 0) is 21.2 Å². The lowest BCUT2D eigenvalue weighted by atomic mass is 9.90. The number of nitrogens with zero attached hydrogens (tertiary/aromatic N) is 3. The van der Waals surface area contributed by atoms with E-state index < -0.39 is 10.0 Å². The molecule has 152 valence electrons. The monoisotopic (exact) mass is 413 g/mol. The van der Waals surface area contributed by atoms with Crippen molar-refractivity contribution in [2.45, 2.75) is 17.4 Å². The summed E-state index contributed by atoms with van der Waals surface area (Å²) in [5, 5.41) is 0. The molecule has 0 aliphatic carbocycles. The molecule has 29 heavy (non-hydrogen) atoms. The van der Waals surface area contributed by atoms with Gasteiger partial charge in [0.2, 0.25) is 15.9 Å². The molecule has 0 unspecified atom stereocenters. The SMILES string of the molecule is CN(C)S(=O)(=O)c1ccc(C(=O)N2CC(=O)N3CCc4ccccc4[C@H]3C2)cc1. The Morgan fingerprint density at radius 2 is 1.76 bits per heavy atom. The van der Waals surface area contributed by atoms with Crippen LogP contribution in [0.25, 0.3) is 0 Å². The zero-order valence-electron chi connectivity index (χ0n) is 16.4. The van der Waals surface area contributed by atoms with Crippen LogP contribution in [0, 0.1) is 0 Å². The highest BCUT2D eigenvalue weighted by Crippen LogP contribution is 2.33. The minimum atomic E-state index is -3.55. The number of hydrogen-bond donors (Lipinski definition) is 0. The summed E-state index contributed by atoms with van der Waals surface area (Å²) in [7, 11) is -0.635. The summed E-state index contributed by atoms with van der Waals surface area (Å²) in [6, 6.07) is 13.8. The first-order valence-corrected chi connectivity index (χ1v) is 10.9. The molecule has 0 bridgehead atoms. The van der Waals surface area contributed by atoms with Gasteiger partial charge >= 0.3 is 0 Å². The van der Waals surface area contributed by atoms with Gasteiger partial charge in [0.15, 0.2) is 0 Å². The number of piperazine rings is 1. The smallest absolute Gasteiger partial charge is 0.254 e. The molecule has 2 amide bonds. The van der Waals surface area contributed by atoms with Gasteiger partial charge in [0.1, 0.15) is 6.54 Å². The van der Waals surface area contributed by atoms with Crippen molar-refractivity contribution in [1.82, 2.24) is 14.1 Å². The van der Waals surface area contributed by atoms with Crippen molar-refractivity contribution < 1.29 is 18.0 Å². The van der Waals surface area contributed by atoms with Crippen LogP contribution in [0.3, 0.4) is 0 Å². The fraction of sp³-hybridized carbons (Fsp3) is 0.333. The van der Waals surface area contributed by atoms with E-state index in [0.29, 0.717) is 18.7 Å². The zero-order chi connectivity index (χ0) is 20.8. The second-order valence-electron chi connectivity index (χ2n) is 7.55. The highest BCUT2D eigenvalue weighted by Gasteiger charge is 2.38. The van der Waals surface area contributed by atoms with Crippen molar-refractivity contribution in [2.24, 2.45) is 0 Å². The maximum Gasteiger partial charge on any atom is 0.254 e. The van der Waals surface area contributed by atoms with Crippen molar-refractivity contribution >= 4 is 21.8 Å². The highest BCUT2D eigenvalue weighted by atomic mass is 32.2. The van der Waals surface area contributed by atoms with Crippen molar-refractivity contribution in [1.29, 1.82) is 0 Å². The van der Waals surface area contributed by atoms with Crippen molar-refractivity contribution in [2.75, 3.05) is 33.7 Å². The Kier molecular flexibility index (Phi) is 4.92. The van der Waals surface area contributed by atoms with E-state index in [9.17, 15) is 18.0 Å². The molecule has 8 heteroatoms. The predicted molar refractivity (Wildman–Crippen MR) is 108 cm³/mol. The molecule has 7 nitrogen and oxygen atoms in total. The molecular formula is C21H23N3O4S. The molecule has 0 radical (unpaired) electrons. The van der Waals surface area contributed by atoms with Crippen LogP contribution < -0.4 is 0 Å². The number of amides is 2. The third-order valence-electron chi connectivity index (χ3n) is 5.62. The summed E-state index contributed by atoms with van der Waals surface area (Å²) < 4.78 is 25.6. The van der Waals surface area contributed by atoms with Crippen LogP contribution in [0.1, 0.15) is 27.5 Å². The number of fused-ring (bicyclic) bond motifs is 3. The van der Waals surface area contributed by atoms with E-state index in [2.05, 4.69) is 6.07 Å². The lowest BCUT2D eigenvalue weighted by Gasteiger charge is -2.44. The minimum absolute atomic E-state index is 0.0370. The standard InChI is InChI=1S/C21H23N3O4S/c1-22(2)29(27,28)17-9-7-16(8-10-17)21(26)23-13-19-18-6-4-3-5-15(18)11-12-24(19)20(25)14-23/h3-10,19H,11-14H2,1-2H3/t19-/m1/s1. The van der Waals surface area contributed by atoms with Gasteiger partial charge in [-0.15, -0.1) is 0 Å². The summed E-state index contributed by atoms with van der Waals surface area (Å²) >= 11 is 0. The topological polar surface area (TPSA) is 78.0 Å². The quantitative estimate of drug-likeness (QED) is 0.764. The lowest BCUT2D eigenvalue weighted by Crippen LogP contribution is -2.55. The van der Waals surface area contributed by atoms with E-state index in [4.69, 9.17) is 0 Å². The molecule has 0 saturated carbocycles. The third-order valence-corrected chi connectivity index (χ3v) is 7.45. The number of sulfonamides is 1. The van der Waals surface area contributed by atoms with Crippen LogP contribution in [0.4, 0.5) is 0 Å². The Balaban J connectivity index is 1.58. The second kappa shape index (κ2) is 7.27. The van der Waals surface area contributed by atoms with Gasteiger partial charge in [0.25, 0.3) is 5.91 Å². The predicted octanol–water partition coefficient (Wildman–Crippen LogP) is 1.52. The van der Waals surface area contributed by atoms with Gasteiger partial charge in [-0.2, -0.15) is 0 Å². The molecule has 2 heterocycles. The second-order valence-corrected chi connectivity index (χ2v) is 9.70. The van der Waals surface area contributed by atoms with E-state index in [1.165, 1.54) is 43.9 Å². The first kappa shape index (κ1) is 19.6. The van der Waals surface area contributed by atoms with Gasteiger partial charge in [-0.25, -0.2) is 12.7 Å². The van der Waals surface area contributed by atoms with E-state index in [1.54, 1.807) is 4.90 Å². The van der Waals surface area contributed by atoms with Crippen molar-refractivity contribution in [3.63, 3.8) is 0 Å². The molecule has 1 fully saturated rings. The molecule has 2 aliphatic heterocycles. The Morgan fingerprint density at radius 1 is 1.07 bits per heavy atom. The number of carbonyl (C=O) groups excluding carboxylic acids is 2. The highest BCUT2D eigenvalue weighted by molar-refractivity contribution is 7.89. The molecule has 4 rings (SSSR count).